The topological polar surface area (TPSA) is 59.8 Å². The quantitative estimate of drug-likeness (QED) is 0.793. The highest BCUT2D eigenvalue weighted by Gasteiger charge is 2.23. The highest BCUT2D eigenvalue weighted by atomic mass is 19.2. The summed E-state index contributed by atoms with van der Waals surface area (Å²) in [4.78, 5) is 21.0. The molecular weight excluding hydrogens is 326 g/mol. The van der Waals surface area contributed by atoms with Crippen molar-refractivity contribution in [2.45, 2.75) is 13.0 Å². The average molecular weight is 342 g/mol. The average Bonchev–Trinajstić information content (AvgIpc) is 3.01. The van der Waals surface area contributed by atoms with E-state index in [1.807, 2.05) is 0 Å². The number of aromatic nitrogens is 3. The van der Waals surface area contributed by atoms with Gasteiger partial charge in [-0.05, 0) is 36.8 Å². The molecule has 0 aliphatic heterocycles. The molecule has 0 spiro atoms. The molecule has 7 heteroatoms. The van der Waals surface area contributed by atoms with Crippen LogP contribution in [-0.2, 0) is 7.05 Å². The second-order valence-corrected chi connectivity index (χ2v) is 5.61. The third kappa shape index (κ3) is 3.40. The number of amides is 1. The summed E-state index contributed by atoms with van der Waals surface area (Å²) >= 11 is 0. The minimum absolute atomic E-state index is 0.372. The molecule has 3 aromatic rings. The molecule has 2 aromatic heterocycles. The summed E-state index contributed by atoms with van der Waals surface area (Å²) in [6.07, 6.45) is 4.88. The maximum Gasteiger partial charge on any atom is 0.253 e. The van der Waals surface area contributed by atoms with Gasteiger partial charge in [0.2, 0.25) is 0 Å². The van der Waals surface area contributed by atoms with Gasteiger partial charge in [-0.25, -0.2) is 13.8 Å². The molecule has 1 atom stereocenters. The number of carbonyl (C=O) groups is 1. The Morgan fingerprint density at radius 2 is 1.96 bits per heavy atom. The number of hydrogen-bond donors (Lipinski definition) is 1. The summed E-state index contributed by atoms with van der Waals surface area (Å²) in [6.45, 7) is 1.72. The maximum atomic E-state index is 13.7. The minimum Gasteiger partial charge on any atom is -0.338 e. The van der Waals surface area contributed by atoms with Crippen LogP contribution >= 0.6 is 0 Å². The molecular formula is C18H16F2N4O. The summed E-state index contributed by atoms with van der Waals surface area (Å²) in [6, 6.07) is 6.09. The van der Waals surface area contributed by atoms with Crippen LogP contribution in [0.5, 0.6) is 0 Å². The molecule has 5 nitrogen and oxygen atoms in total. The van der Waals surface area contributed by atoms with Gasteiger partial charge in [0.25, 0.3) is 5.91 Å². The minimum atomic E-state index is -0.983. The SMILES string of the molecule is Cc1ncccc1C(=O)N[C@H](c1ccc(F)c(F)c1)c1nccn1C. The van der Waals surface area contributed by atoms with Crippen molar-refractivity contribution in [3.8, 4) is 0 Å². The Morgan fingerprint density at radius 1 is 1.16 bits per heavy atom. The molecule has 0 saturated carbocycles. The van der Waals surface area contributed by atoms with E-state index in [1.54, 1.807) is 49.3 Å². The van der Waals surface area contributed by atoms with Crippen molar-refractivity contribution in [2.75, 3.05) is 0 Å². The maximum absolute atomic E-state index is 13.7. The number of nitrogens with zero attached hydrogens (tertiary/aromatic N) is 3. The van der Waals surface area contributed by atoms with Gasteiger partial charge in [0.05, 0.1) is 5.56 Å². The zero-order chi connectivity index (χ0) is 18.0. The summed E-state index contributed by atoms with van der Waals surface area (Å²) in [5, 5.41) is 2.83. The third-order valence-corrected chi connectivity index (χ3v) is 3.92. The Balaban J connectivity index is 2.00. The van der Waals surface area contributed by atoms with E-state index in [2.05, 4.69) is 15.3 Å². The van der Waals surface area contributed by atoms with Gasteiger partial charge in [-0.2, -0.15) is 0 Å². The normalized spacial score (nSPS) is 12.0. The Labute approximate surface area is 143 Å². The van der Waals surface area contributed by atoms with Gasteiger partial charge in [-0.15, -0.1) is 0 Å². The van der Waals surface area contributed by atoms with Crippen LogP contribution in [0, 0.1) is 18.6 Å². The van der Waals surface area contributed by atoms with Gasteiger partial charge in [0.1, 0.15) is 11.9 Å². The van der Waals surface area contributed by atoms with Crippen LogP contribution in [0.25, 0.3) is 0 Å². The fourth-order valence-electron chi connectivity index (χ4n) is 2.58. The fourth-order valence-corrected chi connectivity index (χ4v) is 2.58. The second-order valence-electron chi connectivity index (χ2n) is 5.61. The number of aryl methyl sites for hydroxylation is 2. The summed E-state index contributed by atoms with van der Waals surface area (Å²) in [5.74, 6) is -1.80. The molecule has 25 heavy (non-hydrogen) atoms. The van der Waals surface area contributed by atoms with E-state index < -0.39 is 17.7 Å². The molecule has 2 heterocycles. The lowest BCUT2D eigenvalue weighted by molar-refractivity contribution is 0.0940. The van der Waals surface area contributed by atoms with Crippen LogP contribution in [0.15, 0.2) is 48.9 Å². The van der Waals surface area contributed by atoms with Crippen LogP contribution in [0.3, 0.4) is 0 Å². The van der Waals surface area contributed by atoms with Crippen LogP contribution in [0.1, 0.15) is 33.5 Å². The molecule has 1 amide bonds. The first-order chi connectivity index (χ1) is 12.0. The Bertz CT molecular complexity index is 923. The number of carbonyl (C=O) groups excluding carboxylic acids is 1. The lowest BCUT2D eigenvalue weighted by atomic mass is 10.0. The van der Waals surface area contributed by atoms with Gasteiger partial charge in [0.15, 0.2) is 11.6 Å². The van der Waals surface area contributed by atoms with Crippen molar-refractivity contribution in [1.29, 1.82) is 0 Å². The van der Waals surface area contributed by atoms with Crippen LogP contribution < -0.4 is 5.32 Å². The van der Waals surface area contributed by atoms with Crippen LogP contribution in [0.4, 0.5) is 8.78 Å². The number of hydrogen-bond acceptors (Lipinski definition) is 3. The van der Waals surface area contributed by atoms with Gasteiger partial charge in [-0.1, -0.05) is 6.07 Å². The van der Waals surface area contributed by atoms with Crippen LogP contribution in [0.2, 0.25) is 0 Å². The van der Waals surface area contributed by atoms with Crippen molar-refractivity contribution in [1.82, 2.24) is 19.9 Å². The molecule has 1 N–H and O–H groups in total. The molecule has 0 fully saturated rings. The number of halogens is 2. The molecule has 0 aliphatic carbocycles. The van der Waals surface area contributed by atoms with Crippen molar-refractivity contribution in [3.63, 3.8) is 0 Å². The Hall–Kier alpha value is -3.09. The standard InChI is InChI=1S/C18H16F2N4O/c1-11-13(4-3-7-21-11)18(25)23-16(17-22-8-9-24(17)2)12-5-6-14(19)15(20)10-12/h3-10,16H,1-2H3,(H,23,25)/t16-/m1/s1. The van der Waals surface area contributed by atoms with Crippen molar-refractivity contribution in [2.24, 2.45) is 7.05 Å². The van der Waals surface area contributed by atoms with E-state index in [0.717, 1.165) is 12.1 Å². The lowest BCUT2D eigenvalue weighted by Gasteiger charge is -2.20. The number of imidazole rings is 1. The number of benzene rings is 1. The van der Waals surface area contributed by atoms with Crippen molar-refractivity contribution < 1.29 is 13.6 Å². The molecule has 0 unspecified atom stereocenters. The molecule has 3 rings (SSSR count). The van der Waals surface area contributed by atoms with Gasteiger partial charge in [0, 0.05) is 31.3 Å². The van der Waals surface area contributed by atoms with Crippen molar-refractivity contribution in [3.05, 3.63) is 83.2 Å². The second kappa shape index (κ2) is 6.80. The molecule has 0 radical (unpaired) electrons. The molecule has 0 bridgehead atoms. The Morgan fingerprint density at radius 3 is 2.60 bits per heavy atom. The highest BCUT2D eigenvalue weighted by molar-refractivity contribution is 5.95. The number of pyridine rings is 1. The van der Waals surface area contributed by atoms with Gasteiger partial charge >= 0.3 is 0 Å². The van der Waals surface area contributed by atoms with Crippen LogP contribution in [-0.4, -0.2) is 20.4 Å². The first-order valence-electron chi connectivity index (χ1n) is 7.62. The zero-order valence-corrected chi connectivity index (χ0v) is 13.7. The largest absolute Gasteiger partial charge is 0.338 e. The molecule has 128 valence electrons. The fraction of sp³-hybridized carbons (Fsp3) is 0.167. The molecule has 0 aliphatic rings. The lowest BCUT2D eigenvalue weighted by Crippen LogP contribution is -2.31. The van der Waals surface area contributed by atoms with E-state index in [0.29, 0.717) is 22.6 Å². The summed E-state index contributed by atoms with van der Waals surface area (Å²) in [5.41, 5.74) is 1.37. The number of rotatable bonds is 4. The van der Waals surface area contributed by atoms with E-state index in [1.165, 1.54) is 6.07 Å². The smallest absolute Gasteiger partial charge is 0.253 e. The van der Waals surface area contributed by atoms with E-state index in [4.69, 9.17) is 0 Å². The van der Waals surface area contributed by atoms with E-state index in [9.17, 15) is 13.6 Å². The van der Waals surface area contributed by atoms with E-state index >= 15 is 0 Å². The van der Waals surface area contributed by atoms with Gasteiger partial charge < -0.3 is 9.88 Å². The summed E-state index contributed by atoms with van der Waals surface area (Å²) in [7, 11) is 1.76. The predicted molar refractivity (Wildman–Crippen MR) is 87.8 cm³/mol. The Kier molecular flexibility index (Phi) is 4.56. The van der Waals surface area contributed by atoms with Crippen molar-refractivity contribution >= 4 is 5.91 Å². The zero-order valence-electron chi connectivity index (χ0n) is 13.7. The number of nitrogens with one attached hydrogen (secondary N) is 1. The molecule has 1 aromatic carbocycles. The van der Waals surface area contributed by atoms with Gasteiger partial charge in [-0.3, -0.25) is 9.78 Å². The highest BCUT2D eigenvalue weighted by Crippen LogP contribution is 2.23. The first-order valence-corrected chi connectivity index (χ1v) is 7.62. The van der Waals surface area contributed by atoms with E-state index in [-0.39, 0.29) is 5.91 Å². The molecule has 0 saturated heterocycles. The third-order valence-electron chi connectivity index (χ3n) is 3.92. The summed E-state index contributed by atoms with van der Waals surface area (Å²) < 4.78 is 28.7. The first kappa shape index (κ1) is 16.8. The predicted octanol–water partition coefficient (Wildman–Crippen LogP) is 2.92. The monoisotopic (exact) mass is 342 g/mol.